The number of benzene rings is 1. The van der Waals surface area contributed by atoms with Gasteiger partial charge in [-0.15, -0.1) is 6.58 Å². The highest BCUT2D eigenvalue weighted by Gasteiger charge is 2.62. The maximum Gasteiger partial charge on any atom is 0.306 e. The molecule has 1 aromatic heterocycles. The van der Waals surface area contributed by atoms with E-state index in [9.17, 15) is 27.6 Å². The largest absolute Gasteiger partial charge is 0.472 e. The zero-order valence-electron chi connectivity index (χ0n) is 30.2. The van der Waals surface area contributed by atoms with Gasteiger partial charge >= 0.3 is 5.97 Å². The van der Waals surface area contributed by atoms with E-state index in [1.165, 1.54) is 4.90 Å². The van der Waals surface area contributed by atoms with Crippen molar-refractivity contribution in [3.8, 4) is 5.88 Å². The molecule has 284 valence electrons. The molecule has 53 heavy (non-hydrogen) atoms. The van der Waals surface area contributed by atoms with Crippen molar-refractivity contribution in [3.05, 3.63) is 48.7 Å². The van der Waals surface area contributed by atoms with E-state index < -0.39 is 56.6 Å². The maximum absolute atomic E-state index is 14.8. The Morgan fingerprint density at radius 2 is 1.74 bits per heavy atom. The predicted octanol–water partition coefficient (Wildman–Crippen LogP) is 4.50. The molecule has 5 fully saturated rings. The summed E-state index contributed by atoms with van der Waals surface area (Å²) in [6.45, 7) is 3.89. The van der Waals surface area contributed by atoms with Crippen LogP contribution in [0.15, 0.2) is 43.1 Å². The topological polar surface area (TPSA) is 161 Å². The van der Waals surface area contributed by atoms with E-state index in [0.717, 1.165) is 80.5 Å². The smallest absolute Gasteiger partial charge is 0.306 e. The highest BCUT2D eigenvalue weighted by Crippen LogP contribution is 2.46. The molecule has 8 rings (SSSR count). The van der Waals surface area contributed by atoms with Crippen molar-refractivity contribution in [1.29, 1.82) is 0 Å². The standard InChI is InChI=1S/C40H50N4O8S/c1-2-28-22-40(28,39(48)43-53(49,50)30-15-16-30)42-36(46)33-20-29-23-44(33)38(47)32(25-8-3-4-9-25)21-35(45)52-34-12-6-11-27(34)10-5-7-24-13-14-26-17-18-41-37(51-29)31(26)19-24/h2,13-14,17-19,25,27-30,32-34H,1,3-12,15-16,20-23H2,(H,42,46)(H,43,48)/t27-,28-,29+,32-,33-,34+,40+/m0/s1. The highest BCUT2D eigenvalue weighted by molar-refractivity contribution is 7.91. The lowest BCUT2D eigenvalue weighted by Crippen LogP contribution is -2.57. The molecule has 7 atom stereocenters. The SMILES string of the molecule is C=C[C@H]1C[C@]1(NC(=O)[C@@H]1C[C@@H]2CN1C(=O)[C@H](C1CCCC1)CC(=O)O[C@@H]1CCC[C@@H]1CCCc1ccc3ccnc(c3c1)O2)C(=O)NS(=O)(=O)C1CC1. The van der Waals surface area contributed by atoms with Gasteiger partial charge in [0.25, 0.3) is 5.91 Å². The normalized spacial score (nSPS) is 32.3. The zero-order chi connectivity index (χ0) is 36.9. The molecule has 3 amide bonds. The number of hydrogen-bond donors (Lipinski definition) is 2. The fraction of sp³-hybridized carbons (Fsp3) is 0.625. The van der Waals surface area contributed by atoms with Gasteiger partial charge in [-0.3, -0.25) is 23.9 Å². The first-order valence-corrected chi connectivity index (χ1v) is 21.1. The number of pyridine rings is 1. The third kappa shape index (κ3) is 7.29. The highest BCUT2D eigenvalue weighted by atomic mass is 32.2. The Hall–Kier alpha value is -4.00. The summed E-state index contributed by atoms with van der Waals surface area (Å²) in [6, 6.07) is 7.18. The molecule has 12 nitrogen and oxygen atoms in total. The predicted molar refractivity (Wildman–Crippen MR) is 196 cm³/mol. The number of sulfonamides is 1. The van der Waals surface area contributed by atoms with Gasteiger partial charge in [0.15, 0.2) is 0 Å². The summed E-state index contributed by atoms with van der Waals surface area (Å²) in [5.74, 6) is -2.52. The van der Waals surface area contributed by atoms with E-state index in [4.69, 9.17) is 9.47 Å². The van der Waals surface area contributed by atoms with Crippen molar-refractivity contribution in [2.45, 2.75) is 125 Å². The van der Waals surface area contributed by atoms with Gasteiger partial charge in [-0.25, -0.2) is 13.4 Å². The van der Waals surface area contributed by atoms with Crippen LogP contribution in [0.25, 0.3) is 10.8 Å². The molecule has 2 N–H and O–H groups in total. The van der Waals surface area contributed by atoms with Crippen molar-refractivity contribution in [3.63, 3.8) is 0 Å². The lowest BCUT2D eigenvalue weighted by Gasteiger charge is -2.32. The summed E-state index contributed by atoms with van der Waals surface area (Å²) in [5, 5.41) is 4.08. The molecule has 6 aliphatic rings. The maximum atomic E-state index is 14.8. The average Bonchev–Trinajstić information content (AvgIpc) is 3.93. The van der Waals surface area contributed by atoms with Crippen molar-refractivity contribution in [1.82, 2.24) is 19.9 Å². The second-order valence-corrected chi connectivity index (χ2v) is 18.3. The lowest BCUT2D eigenvalue weighted by atomic mass is 9.86. The van der Waals surface area contributed by atoms with Gasteiger partial charge in [0, 0.05) is 23.9 Å². The minimum Gasteiger partial charge on any atom is -0.472 e. The van der Waals surface area contributed by atoms with Crippen molar-refractivity contribution in [2.75, 3.05) is 6.54 Å². The first-order chi connectivity index (χ1) is 25.5. The number of hydrogen-bond acceptors (Lipinski definition) is 9. The summed E-state index contributed by atoms with van der Waals surface area (Å²) >= 11 is 0. The van der Waals surface area contributed by atoms with Gasteiger partial charge in [-0.05, 0) is 106 Å². The molecule has 2 aliphatic heterocycles. The quantitative estimate of drug-likeness (QED) is 0.307. The van der Waals surface area contributed by atoms with E-state index in [-0.39, 0.29) is 55.6 Å². The Morgan fingerprint density at radius 3 is 2.49 bits per heavy atom. The summed E-state index contributed by atoms with van der Waals surface area (Å²) < 4.78 is 40.4. The molecule has 4 aliphatic carbocycles. The molecule has 1 aromatic carbocycles. The molecule has 2 aromatic rings. The molecular formula is C40H50N4O8S. The second-order valence-electron chi connectivity index (χ2n) is 16.3. The lowest BCUT2D eigenvalue weighted by molar-refractivity contribution is -0.156. The van der Waals surface area contributed by atoms with Gasteiger partial charge in [0.05, 0.1) is 24.1 Å². The first kappa shape index (κ1) is 36.0. The number of fused-ring (bicyclic) bond motifs is 4. The molecule has 13 heteroatoms. The van der Waals surface area contributed by atoms with Crippen LogP contribution in [0.3, 0.4) is 0 Å². The van der Waals surface area contributed by atoms with Crippen molar-refractivity contribution >= 4 is 44.5 Å². The first-order valence-electron chi connectivity index (χ1n) is 19.6. The van der Waals surface area contributed by atoms with E-state index in [0.29, 0.717) is 18.7 Å². The van der Waals surface area contributed by atoms with E-state index >= 15 is 0 Å². The van der Waals surface area contributed by atoms with Crippen LogP contribution in [0, 0.1) is 23.7 Å². The molecule has 4 bridgehead atoms. The van der Waals surface area contributed by atoms with Crippen LogP contribution in [-0.2, 0) is 40.4 Å². The summed E-state index contributed by atoms with van der Waals surface area (Å²) in [6.07, 6.45) is 12.8. The molecule has 0 unspecified atom stereocenters. The summed E-state index contributed by atoms with van der Waals surface area (Å²) in [5.41, 5.74) is -0.350. The number of carbonyl (C=O) groups excluding carboxylic acids is 4. The third-order valence-electron chi connectivity index (χ3n) is 12.8. The van der Waals surface area contributed by atoms with Crippen LogP contribution in [0.5, 0.6) is 5.88 Å². The zero-order valence-corrected chi connectivity index (χ0v) is 31.0. The summed E-state index contributed by atoms with van der Waals surface area (Å²) in [4.78, 5) is 62.5. The van der Waals surface area contributed by atoms with Crippen molar-refractivity contribution in [2.24, 2.45) is 23.7 Å². The Labute approximate surface area is 310 Å². The van der Waals surface area contributed by atoms with Crippen LogP contribution in [0.2, 0.25) is 0 Å². The van der Waals surface area contributed by atoms with E-state index in [1.54, 1.807) is 12.3 Å². The van der Waals surface area contributed by atoms with Crippen LogP contribution in [0.1, 0.15) is 95.5 Å². The van der Waals surface area contributed by atoms with Gasteiger partial charge in [0.1, 0.15) is 23.8 Å². The number of nitrogens with zero attached hydrogens (tertiary/aromatic N) is 2. The van der Waals surface area contributed by atoms with Crippen LogP contribution < -0.4 is 14.8 Å². The number of ether oxygens (including phenoxy) is 2. The van der Waals surface area contributed by atoms with Gasteiger partial charge in [0.2, 0.25) is 27.7 Å². The number of nitrogens with one attached hydrogen (secondary N) is 2. The molecule has 1 saturated heterocycles. The van der Waals surface area contributed by atoms with Gasteiger partial charge < -0.3 is 19.7 Å². The van der Waals surface area contributed by atoms with E-state index in [1.807, 2.05) is 6.07 Å². The Morgan fingerprint density at radius 1 is 0.962 bits per heavy atom. The monoisotopic (exact) mass is 746 g/mol. The Kier molecular flexibility index (Phi) is 9.74. The minimum absolute atomic E-state index is 0.0276. The number of amides is 3. The summed E-state index contributed by atoms with van der Waals surface area (Å²) in [7, 11) is -3.87. The fourth-order valence-electron chi connectivity index (χ4n) is 9.47. The minimum atomic E-state index is -3.87. The van der Waals surface area contributed by atoms with Gasteiger partial charge in [-0.1, -0.05) is 31.1 Å². The number of rotatable bonds is 7. The average molecular weight is 747 g/mol. The van der Waals surface area contributed by atoms with Crippen LogP contribution >= 0.6 is 0 Å². The molecule has 4 saturated carbocycles. The van der Waals surface area contributed by atoms with Crippen molar-refractivity contribution < 1.29 is 37.1 Å². The number of aryl methyl sites for hydroxylation is 1. The van der Waals surface area contributed by atoms with Crippen LogP contribution in [-0.4, -0.2) is 77.6 Å². The third-order valence-corrected chi connectivity index (χ3v) is 14.6. The number of carbonyl (C=O) groups is 4. The molecule has 0 spiro atoms. The molecular weight excluding hydrogens is 697 g/mol. The van der Waals surface area contributed by atoms with E-state index in [2.05, 4.69) is 39.8 Å². The van der Waals surface area contributed by atoms with Crippen LogP contribution in [0.4, 0.5) is 0 Å². The number of esters is 1. The molecule has 0 radical (unpaired) electrons. The van der Waals surface area contributed by atoms with Gasteiger partial charge in [-0.2, -0.15) is 0 Å². The molecule has 3 heterocycles. The number of aromatic nitrogens is 1. The Bertz CT molecular complexity index is 1910. The second kappa shape index (κ2) is 14.3. The Balaban J connectivity index is 1.12. The fourth-order valence-corrected chi connectivity index (χ4v) is 10.8.